The monoisotopic (exact) mass is 331 g/mol. The number of carbonyl (C=O) groups is 3. The van der Waals surface area contributed by atoms with E-state index in [1.54, 1.807) is 0 Å². The molecule has 1 aliphatic heterocycles. The second-order valence-electron chi connectivity index (χ2n) is 7.41. The molecule has 0 bridgehead atoms. The van der Waals surface area contributed by atoms with Crippen LogP contribution in [0.25, 0.3) is 0 Å². The number of carboxylic acids is 1. The Morgan fingerprint density at radius 3 is 2.12 bits per heavy atom. The summed E-state index contributed by atoms with van der Waals surface area (Å²) < 4.78 is 0. The molecular weight excluding hydrogens is 306 g/mol. The highest BCUT2D eigenvalue weighted by Crippen LogP contribution is 2.45. The zero-order valence-corrected chi connectivity index (χ0v) is 15.0. The first-order valence-electron chi connectivity index (χ1n) is 8.31. The normalized spacial score (nSPS) is 17.0. The van der Waals surface area contributed by atoms with Crippen LogP contribution < -0.4 is 0 Å². The number of imide groups is 1. The van der Waals surface area contributed by atoms with Crippen molar-refractivity contribution in [3.05, 3.63) is 34.9 Å². The molecule has 0 radical (unpaired) electrons. The maximum atomic E-state index is 12.7. The second-order valence-corrected chi connectivity index (χ2v) is 7.41. The van der Waals surface area contributed by atoms with Gasteiger partial charge in [-0.3, -0.25) is 14.5 Å². The number of carboxylic acid groups (broad SMARTS) is 1. The zero-order chi connectivity index (χ0) is 18.3. The summed E-state index contributed by atoms with van der Waals surface area (Å²) in [7, 11) is 0. The van der Waals surface area contributed by atoms with E-state index < -0.39 is 11.9 Å². The minimum Gasteiger partial charge on any atom is -0.478 e. The van der Waals surface area contributed by atoms with Gasteiger partial charge in [-0.2, -0.15) is 0 Å². The molecule has 24 heavy (non-hydrogen) atoms. The number of carbonyl (C=O) groups excluding carboxylic acids is 2. The van der Waals surface area contributed by atoms with Gasteiger partial charge >= 0.3 is 5.97 Å². The fourth-order valence-corrected chi connectivity index (χ4v) is 3.15. The minimum absolute atomic E-state index is 0.0175. The van der Waals surface area contributed by atoms with Gasteiger partial charge < -0.3 is 5.11 Å². The number of benzene rings is 1. The number of fused-ring (bicyclic) bond motifs is 1. The van der Waals surface area contributed by atoms with Crippen LogP contribution >= 0.6 is 0 Å². The standard InChI is InChI=1S/C19H25NO4/c1-6-18(3,4)19(5,7-2)11-20-15(21)13-9-8-12(17(23)24)10-14(13)16(20)22/h8-10H,6-7,11H2,1-5H3,(H,23,24). The van der Waals surface area contributed by atoms with E-state index >= 15 is 0 Å². The molecule has 0 saturated heterocycles. The molecule has 130 valence electrons. The molecule has 2 rings (SSSR count). The zero-order valence-electron chi connectivity index (χ0n) is 15.0. The maximum absolute atomic E-state index is 12.7. The van der Waals surface area contributed by atoms with Gasteiger partial charge in [-0.05, 0) is 35.4 Å². The van der Waals surface area contributed by atoms with Crippen LogP contribution in [-0.4, -0.2) is 34.3 Å². The van der Waals surface area contributed by atoms with Crippen LogP contribution in [0.5, 0.6) is 0 Å². The third kappa shape index (κ3) is 2.72. The molecule has 1 heterocycles. The van der Waals surface area contributed by atoms with Crippen LogP contribution in [-0.2, 0) is 0 Å². The summed E-state index contributed by atoms with van der Waals surface area (Å²) in [6.45, 7) is 10.9. The van der Waals surface area contributed by atoms with E-state index in [4.69, 9.17) is 5.11 Å². The molecule has 1 aromatic carbocycles. The van der Waals surface area contributed by atoms with Gasteiger partial charge in [0.05, 0.1) is 16.7 Å². The van der Waals surface area contributed by atoms with Crippen LogP contribution in [0, 0.1) is 10.8 Å². The first kappa shape index (κ1) is 18.2. The van der Waals surface area contributed by atoms with Gasteiger partial charge in [0.15, 0.2) is 0 Å². The summed E-state index contributed by atoms with van der Waals surface area (Å²) in [4.78, 5) is 37.7. The number of nitrogens with zero attached hydrogens (tertiary/aromatic N) is 1. The van der Waals surface area contributed by atoms with E-state index in [1.807, 2.05) is 0 Å². The Bertz CT molecular complexity index is 707. The van der Waals surface area contributed by atoms with Crippen molar-refractivity contribution in [2.75, 3.05) is 6.54 Å². The molecule has 1 aromatic rings. The Morgan fingerprint density at radius 1 is 1.04 bits per heavy atom. The predicted octanol–water partition coefficient (Wildman–Crippen LogP) is 3.83. The van der Waals surface area contributed by atoms with E-state index in [0.29, 0.717) is 6.54 Å². The van der Waals surface area contributed by atoms with Gasteiger partial charge in [-0.1, -0.05) is 41.0 Å². The smallest absolute Gasteiger partial charge is 0.335 e. The fourth-order valence-electron chi connectivity index (χ4n) is 3.15. The average molecular weight is 331 g/mol. The lowest BCUT2D eigenvalue weighted by atomic mass is 9.63. The molecule has 2 amide bonds. The molecule has 0 fully saturated rings. The Hall–Kier alpha value is -2.17. The van der Waals surface area contributed by atoms with Crippen LogP contribution in [0.1, 0.15) is 78.5 Å². The van der Waals surface area contributed by atoms with Crippen molar-refractivity contribution in [2.45, 2.75) is 47.5 Å². The van der Waals surface area contributed by atoms with Crippen LogP contribution in [0.15, 0.2) is 18.2 Å². The first-order chi connectivity index (χ1) is 11.1. The van der Waals surface area contributed by atoms with Crippen molar-refractivity contribution in [2.24, 2.45) is 10.8 Å². The third-order valence-electron chi connectivity index (χ3n) is 6.02. The summed E-state index contributed by atoms with van der Waals surface area (Å²) in [5.74, 6) is -1.84. The van der Waals surface area contributed by atoms with Crippen molar-refractivity contribution in [1.29, 1.82) is 0 Å². The molecule has 1 unspecified atom stereocenters. The molecule has 0 spiro atoms. The summed E-state index contributed by atoms with van der Waals surface area (Å²) in [5.41, 5.74) is 0.239. The predicted molar refractivity (Wildman–Crippen MR) is 91.2 cm³/mol. The van der Waals surface area contributed by atoms with Crippen LogP contribution in [0.3, 0.4) is 0 Å². The highest BCUT2D eigenvalue weighted by Gasteiger charge is 2.45. The minimum atomic E-state index is -1.11. The summed E-state index contributed by atoms with van der Waals surface area (Å²) in [6, 6.07) is 4.10. The van der Waals surface area contributed by atoms with Crippen molar-refractivity contribution in [3.8, 4) is 0 Å². The van der Waals surface area contributed by atoms with Crippen molar-refractivity contribution < 1.29 is 19.5 Å². The van der Waals surface area contributed by atoms with E-state index in [-0.39, 0.29) is 33.4 Å². The quantitative estimate of drug-likeness (QED) is 0.804. The van der Waals surface area contributed by atoms with Gasteiger partial charge in [0.1, 0.15) is 0 Å². The molecule has 5 heteroatoms. The number of amides is 2. The van der Waals surface area contributed by atoms with E-state index in [1.165, 1.54) is 23.1 Å². The average Bonchev–Trinajstić information content (AvgIpc) is 2.78. The topological polar surface area (TPSA) is 74.7 Å². The van der Waals surface area contributed by atoms with E-state index in [2.05, 4.69) is 34.6 Å². The maximum Gasteiger partial charge on any atom is 0.335 e. The van der Waals surface area contributed by atoms with Crippen molar-refractivity contribution >= 4 is 17.8 Å². The largest absolute Gasteiger partial charge is 0.478 e. The molecule has 5 nitrogen and oxygen atoms in total. The third-order valence-corrected chi connectivity index (χ3v) is 6.02. The van der Waals surface area contributed by atoms with E-state index in [9.17, 15) is 14.4 Å². The Kier molecular flexibility index (Phi) is 4.57. The molecule has 0 aliphatic carbocycles. The number of hydrogen-bond acceptors (Lipinski definition) is 3. The van der Waals surface area contributed by atoms with Crippen molar-refractivity contribution in [3.63, 3.8) is 0 Å². The Balaban J connectivity index is 2.39. The lowest BCUT2D eigenvalue weighted by Gasteiger charge is -2.45. The molecule has 1 N–H and O–H groups in total. The Labute approximate surface area is 142 Å². The molecule has 1 atom stereocenters. The lowest BCUT2D eigenvalue weighted by molar-refractivity contribution is 0.0281. The molecular formula is C19H25NO4. The van der Waals surface area contributed by atoms with E-state index in [0.717, 1.165) is 12.8 Å². The summed E-state index contributed by atoms with van der Waals surface area (Å²) >= 11 is 0. The number of rotatable bonds is 6. The first-order valence-corrected chi connectivity index (χ1v) is 8.31. The highest BCUT2D eigenvalue weighted by molar-refractivity contribution is 6.21. The van der Waals surface area contributed by atoms with Crippen LogP contribution in [0.2, 0.25) is 0 Å². The second kappa shape index (κ2) is 6.04. The molecule has 1 aliphatic rings. The molecule has 0 saturated carbocycles. The van der Waals surface area contributed by atoms with Gasteiger partial charge in [0, 0.05) is 6.54 Å². The lowest BCUT2D eigenvalue weighted by Crippen LogP contribution is -2.46. The fraction of sp³-hybridized carbons (Fsp3) is 0.526. The van der Waals surface area contributed by atoms with Gasteiger partial charge in [0.25, 0.3) is 11.8 Å². The number of hydrogen-bond donors (Lipinski definition) is 1. The number of aromatic carboxylic acids is 1. The van der Waals surface area contributed by atoms with Gasteiger partial charge in [0.2, 0.25) is 0 Å². The summed E-state index contributed by atoms with van der Waals surface area (Å²) in [6.07, 6.45) is 1.77. The van der Waals surface area contributed by atoms with Crippen LogP contribution in [0.4, 0.5) is 0 Å². The van der Waals surface area contributed by atoms with Gasteiger partial charge in [-0.15, -0.1) is 0 Å². The Morgan fingerprint density at radius 2 is 1.62 bits per heavy atom. The molecule has 0 aromatic heterocycles. The SMILES string of the molecule is CCC(C)(C)C(C)(CC)CN1C(=O)c2ccc(C(=O)O)cc2C1=O. The van der Waals surface area contributed by atoms with Crippen molar-refractivity contribution in [1.82, 2.24) is 4.90 Å². The highest BCUT2D eigenvalue weighted by atomic mass is 16.4. The summed E-state index contributed by atoms with van der Waals surface area (Å²) in [5, 5.41) is 9.09. The van der Waals surface area contributed by atoms with Gasteiger partial charge in [-0.25, -0.2) is 4.79 Å².